The molecule has 3 aromatic rings. The summed E-state index contributed by atoms with van der Waals surface area (Å²) in [6.07, 6.45) is -5.21. The summed E-state index contributed by atoms with van der Waals surface area (Å²) in [4.78, 5) is 0. The highest BCUT2D eigenvalue weighted by atomic mass is 35.5. The third-order valence-electron chi connectivity index (χ3n) is 3.95. The maximum atomic E-state index is 13.3. The number of halogens is 4. The maximum Gasteiger partial charge on any atom is 0.417 e. The van der Waals surface area contributed by atoms with E-state index in [4.69, 9.17) is 16.3 Å². The molecule has 27 heavy (non-hydrogen) atoms. The summed E-state index contributed by atoms with van der Waals surface area (Å²) in [5.41, 5.74) is -1.17. The zero-order valence-electron chi connectivity index (χ0n) is 14.3. The maximum absolute atomic E-state index is 13.3. The Morgan fingerprint density at radius 2 is 1.78 bits per heavy atom. The fourth-order valence-electron chi connectivity index (χ4n) is 2.66. The topological polar surface area (TPSA) is 60.2 Å². The van der Waals surface area contributed by atoms with E-state index in [9.17, 15) is 18.3 Å². The molecule has 0 saturated heterocycles. The molecule has 1 heterocycles. The number of rotatable bonds is 4. The van der Waals surface area contributed by atoms with Gasteiger partial charge in [0.2, 0.25) is 0 Å². The average molecular weight is 398 g/mol. The molecule has 1 atom stereocenters. The number of phenolic OH excluding ortho intramolecular Hbond substituents is 1. The monoisotopic (exact) mass is 397 g/mol. The van der Waals surface area contributed by atoms with Crippen LogP contribution in [0.1, 0.15) is 24.4 Å². The lowest BCUT2D eigenvalue weighted by atomic mass is 10.1. The Bertz CT molecular complexity index is 955. The third-order valence-corrected chi connectivity index (χ3v) is 4.20. The van der Waals surface area contributed by atoms with Crippen molar-refractivity contribution in [2.45, 2.75) is 19.2 Å². The minimum atomic E-state index is -4.65. The summed E-state index contributed by atoms with van der Waals surface area (Å²) in [5, 5.41) is 17.9. The summed E-state index contributed by atoms with van der Waals surface area (Å²) in [6.45, 7) is 1.71. The number of benzene rings is 2. The molecule has 2 aromatic carbocycles. The largest absolute Gasteiger partial charge is 0.508 e. The molecule has 0 radical (unpaired) electrons. The minimum absolute atomic E-state index is 0.0175. The van der Waals surface area contributed by atoms with Crippen LogP contribution < -0.4 is 4.74 Å². The summed E-state index contributed by atoms with van der Waals surface area (Å²) in [5.74, 6) is 0.426. The van der Waals surface area contributed by atoms with E-state index < -0.39 is 23.6 Å². The quantitative estimate of drug-likeness (QED) is 0.673. The normalized spacial score (nSPS) is 12.8. The van der Waals surface area contributed by atoms with Crippen LogP contribution in [-0.2, 0) is 13.2 Å². The summed E-state index contributed by atoms with van der Waals surface area (Å²) >= 11 is 5.83. The van der Waals surface area contributed by atoms with Crippen molar-refractivity contribution in [1.29, 1.82) is 0 Å². The van der Waals surface area contributed by atoms with Gasteiger partial charge >= 0.3 is 6.18 Å². The van der Waals surface area contributed by atoms with Crippen LogP contribution >= 0.6 is 11.6 Å². The van der Waals surface area contributed by atoms with Crippen molar-refractivity contribution < 1.29 is 23.0 Å². The first-order valence-corrected chi connectivity index (χ1v) is 8.26. The van der Waals surface area contributed by atoms with Gasteiger partial charge in [0.25, 0.3) is 0 Å². The molecule has 0 aliphatic carbocycles. The smallest absolute Gasteiger partial charge is 0.417 e. The second-order valence-corrected chi connectivity index (χ2v) is 6.32. The molecule has 0 fully saturated rings. The fourth-order valence-corrected chi connectivity index (χ4v) is 2.79. The number of ether oxygens (including phenoxy) is 1. The molecular formula is C18H15ClF3N3O2. The third kappa shape index (κ3) is 4.00. The second kappa shape index (κ2) is 7.11. The van der Waals surface area contributed by atoms with E-state index in [-0.39, 0.29) is 11.4 Å². The predicted molar refractivity (Wildman–Crippen MR) is 93.6 cm³/mol. The molecule has 0 spiro atoms. The summed E-state index contributed by atoms with van der Waals surface area (Å²) in [6, 6.07) is 9.69. The molecule has 142 valence electrons. The zero-order chi connectivity index (χ0) is 19.8. The van der Waals surface area contributed by atoms with Gasteiger partial charge in [-0.3, -0.25) is 0 Å². The molecule has 0 saturated carbocycles. The van der Waals surface area contributed by atoms with Crippen molar-refractivity contribution in [3.05, 3.63) is 58.9 Å². The van der Waals surface area contributed by atoms with Crippen LogP contribution in [0.3, 0.4) is 0 Å². The van der Waals surface area contributed by atoms with Gasteiger partial charge in [0.1, 0.15) is 11.5 Å². The molecule has 9 heteroatoms. The van der Waals surface area contributed by atoms with Crippen LogP contribution in [0.5, 0.6) is 11.5 Å². The molecule has 0 aliphatic rings. The standard InChI is InChI=1S/C18H15ClF3N3O2/c1-10(27-13-6-3-11(19)4-7-13)16-23-24-17(25(16)2)14-8-5-12(26)9-15(14)18(20,21)22/h3-10,26H,1-2H3. The number of aromatic hydroxyl groups is 1. The molecule has 0 bridgehead atoms. The van der Waals surface area contributed by atoms with Crippen molar-refractivity contribution in [2.75, 3.05) is 0 Å². The molecule has 5 nitrogen and oxygen atoms in total. The Kier molecular flexibility index (Phi) is 5.01. The number of nitrogens with zero attached hydrogens (tertiary/aromatic N) is 3. The van der Waals surface area contributed by atoms with Crippen LogP contribution in [0.25, 0.3) is 11.4 Å². The van der Waals surface area contributed by atoms with Gasteiger partial charge in [-0.1, -0.05) is 11.6 Å². The van der Waals surface area contributed by atoms with Crippen LogP contribution in [0, 0.1) is 0 Å². The first kappa shape index (κ1) is 19.0. The van der Waals surface area contributed by atoms with Crippen LogP contribution in [0.15, 0.2) is 42.5 Å². The lowest BCUT2D eigenvalue weighted by molar-refractivity contribution is -0.137. The molecule has 1 aromatic heterocycles. The molecule has 1 unspecified atom stereocenters. The Morgan fingerprint density at radius 3 is 2.41 bits per heavy atom. The van der Waals surface area contributed by atoms with Crippen molar-refractivity contribution in [1.82, 2.24) is 14.8 Å². The van der Waals surface area contributed by atoms with Crippen LogP contribution in [-0.4, -0.2) is 19.9 Å². The number of phenols is 1. The zero-order valence-corrected chi connectivity index (χ0v) is 15.1. The first-order valence-electron chi connectivity index (χ1n) is 7.89. The van der Waals surface area contributed by atoms with E-state index in [0.29, 0.717) is 22.7 Å². The van der Waals surface area contributed by atoms with E-state index in [1.165, 1.54) is 10.6 Å². The SMILES string of the molecule is CC(Oc1ccc(Cl)cc1)c1nnc(-c2ccc(O)cc2C(F)(F)F)n1C. The van der Waals surface area contributed by atoms with E-state index in [0.717, 1.165) is 6.07 Å². The Balaban J connectivity index is 1.95. The molecule has 3 rings (SSSR count). The van der Waals surface area contributed by atoms with Gasteiger partial charge in [0.05, 0.1) is 5.56 Å². The van der Waals surface area contributed by atoms with E-state index in [2.05, 4.69) is 10.2 Å². The van der Waals surface area contributed by atoms with Gasteiger partial charge in [-0.25, -0.2) is 0 Å². The summed E-state index contributed by atoms with van der Waals surface area (Å²) < 4.78 is 47.2. The van der Waals surface area contributed by atoms with E-state index in [1.807, 2.05) is 0 Å². The van der Waals surface area contributed by atoms with Gasteiger partial charge in [0.15, 0.2) is 17.8 Å². The number of alkyl halides is 3. The molecule has 1 N–H and O–H groups in total. The Morgan fingerprint density at radius 1 is 1.11 bits per heavy atom. The Hall–Kier alpha value is -2.74. The van der Waals surface area contributed by atoms with Gasteiger partial charge in [-0.2, -0.15) is 13.2 Å². The van der Waals surface area contributed by atoms with E-state index >= 15 is 0 Å². The lowest BCUT2D eigenvalue weighted by Gasteiger charge is -2.16. The van der Waals surface area contributed by atoms with E-state index in [1.54, 1.807) is 38.2 Å². The van der Waals surface area contributed by atoms with Gasteiger partial charge in [-0.15, -0.1) is 10.2 Å². The van der Waals surface area contributed by atoms with Crippen molar-refractivity contribution in [3.8, 4) is 22.9 Å². The highest BCUT2D eigenvalue weighted by Crippen LogP contribution is 2.38. The molecular weight excluding hydrogens is 383 g/mol. The minimum Gasteiger partial charge on any atom is -0.508 e. The number of hydrogen-bond donors (Lipinski definition) is 1. The lowest BCUT2D eigenvalue weighted by Crippen LogP contribution is -2.12. The van der Waals surface area contributed by atoms with Crippen molar-refractivity contribution in [2.24, 2.45) is 7.05 Å². The van der Waals surface area contributed by atoms with Crippen molar-refractivity contribution in [3.63, 3.8) is 0 Å². The fraction of sp³-hybridized carbons (Fsp3) is 0.222. The first-order chi connectivity index (χ1) is 12.7. The van der Waals surface area contributed by atoms with Crippen LogP contribution in [0.2, 0.25) is 5.02 Å². The number of hydrogen-bond acceptors (Lipinski definition) is 4. The highest BCUT2D eigenvalue weighted by Gasteiger charge is 2.35. The summed E-state index contributed by atoms with van der Waals surface area (Å²) in [7, 11) is 1.55. The van der Waals surface area contributed by atoms with Gasteiger partial charge < -0.3 is 14.4 Å². The second-order valence-electron chi connectivity index (χ2n) is 5.88. The number of aromatic nitrogens is 3. The van der Waals surface area contributed by atoms with Gasteiger partial charge in [0, 0.05) is 17.6 Å². The molecule has 0 amide bonds. The predicted octanol–water partition coefficient (Wildman–Crippen LogP) is 5.00. The average Bonchev–Trinajstić information content (AvgIpc) is 2.98. The van der Waals surface area contributed by atoms with Crippen molar-refractivity contribution >= 4 is 11.6 Å². The van der Waals surface area contributed by atoms with Crippen LogP contribution in [0.4, 0.5) is 13.2 Å². The Labute approximate surface area is 158 Å². The van der Waals surface area contributed by atoms with Gasteiger partial charge in [-0.05, 0) is 49.4 Å². The molecule has 0 aliphatic heterocycles. The highest BCUT2D eigenvalue weighted by molar-refractivity contribution is 6.30.